The first-order valence-electron chi connectivity index (χ1n) is 9.15. The van der Waals surface area contributed by atoms with E-state index in [0.717, 1.165) is 19.3 Å². The number of halogens is 1. The summed E-state index contributed by atoms with van der Waals surface area (Å²) in [6.07, 6.45) is 3.07. The number of anilines is 1. The Hall–Kier alpha value is -2.73. The third-order valence-electron chi connectivity index (χ3n) is 4.73. The highest BCUT2D eigenvalue weighted by atomic mass is 35.5. The Labute approximate surface area is 169 Å². The van der Waals surface area contributed by atoms with Crippen LogP contribution in [0, 0.1) is 0 Å². The second kappa shape index (κ2) is 8.97. The second-order valence-electron chi connectivity index (χ2n) is 6.57. The molecule has 148 valence electrons. The van der Waals surface area contributed by atoms with Gasteiger partial charge in [-0.1, -0.05) is 17.7 Å². The number of nitrogens with one attached hydrogen (secondary N) is 1. The zero-order chi connectivity index (χ0) is 20.1. The number of rotatable bonds is 5. The van der Waals surface area contributed by atoms with E-state index in [-0.39, 0.29) is 11.8 Å². The fourth-order valence-electron chi connectivity index (χ4n) is 3.25. The van der Waals surface area contributed by atoms with E-state index in [2.05, 4.69) is 5.32 Å². The zero-order valence-corrected chi connectivity index (χ0v) is 16.7. The lowest BCUT2D eigenvalue weighted by Crippen LogP contribution is -2.36. The van der Waals surface area contributed by atoms with Crippen molar-refractivity contribution in [3.05, 3.63) is 52.5 Å². The van der Waals surface area contributed by atoms with Crippen LogP contribution in [0.1, 0.15) is 40.0 Å². The van der Waals surface area contributed by atoms with Crippen LogP contribution in [-0.4, -0.2) is 44.0 Å². The molecule has 1 aliphatic heterocycles. The zero-order valence-electron chi connectivity index (χ0n) is 16.0. The first kappa shape index (κ1) is 20.0. The lowest BCUT2D eigenvalue weighted by molar-refractivity contribution is 0.0725. The molecule has 7 heteroatoms. The molecule has 0 aliphatic carbocycles. The molecule has 0 aromatic heterocycles. The standard InChI is InChI=1S/C21H23ClN2O4/c1-27-18-12-16(21(26)24-9-4-3-5-10-24)17(13-19(18)28-2)23-20(25)14-7-6-8-15(22)11-14/h6-8,11-13H,3-5,9-10H2,1-2H3,(H,23,25). The van der Waals surface area contributed by atoms with Gasteiger partial charge in [0.2, 0.25) is 0 Å². The van der Waals surface area contributed by atoms with E-state index >= 15 is 0 Å². The molecular weight excluding hydrogens is 380 g/mol. The maximum atomic E-state index is 13.1. The Morgan fingerprint density at radius 2 is 1.68 bits per heavy atom. The molecule has 0 unspecified atom stereocenters. The summed E-state index contributed by atoms with van der Waals surface area (Å²) >= 11 is 5.99. The smallest absolute Gasteiger partial charge is 0.256 e. The first-order chi connectivity index (χ1) is 13.5. The van der Waals surface area contributed by atoms with E-state index in [1.54, 1.807) is 41.3 Å². The maximum absolute atomic E-state index is 13.1. The minimum atomic E-state index is -0.359. The van der Waals surface area contributed by atoms with E-state index in [1.165, 1.54) is 14.2 Å². The van der Waals surface area contributed by atoms with E-state index in [9.17, 15) is 9.59 Å². The number of benzene rings is 2. The lowest BCUT2D eigenvalue weighted by Gasteiger charge is -2.28. The SMILES string of the molecule is COc1cc(NC(=O)c2cccc(Cl)c2)c(C(=O)N2CCCCC2)cc1OC. The molecule has 1 heterocycles. The van der Waals surface area contributed by atoms with Crippen molar-refractivity contribution in [2.24, 2.45) is 0 Å². The number of ether oxygens (including phenoxy) is 2. The fraction of sp³-hybridized carbons (Fsp3) is 0.333. The first-order valence-corrected chi connectivity index (χ1v) is 9.53. The van der Waals surface area contributed by atoms with Gasteiger partial charge in [0, 0.05) is 29.7 Å². The van der Waals surface area contributed by atoms with Crippen LogP contribution in [0.5, 0.6) is 11.5 Å². The number of nitrogens with zero attached hydrogens (tertiary/aromatic N) is 1. The van der Waals surface area contributed by atoms with Crippen molar-refractivity contribution >= 4 is 29.1 Å². The van der Waals surface area contributed by atoms with Crippen LogP contribution in [0.15, 0.2) is 36.4 Å². The minimum Gasteiger partial charge on any atom is -0.493 e. The van der Waals surface area contributed by atoms with Gasteiger partial charge in [-0.25, -0.2) is 0 Å². The number of carbonyl (C=O) groups is 2. The van der Waals surface area contributed by atoms with Gasteiger partial charge in [-0.05, 0) is 43.5 Å². The monoisotopic (exact) mass is 402 g/mol. The van der Waals surface area contributed by atoms with Crippen LogP contribution in [0.2, 0.25) is 5.02 Å². The van der Waals surface area contributed by atoms with Crippen molar-refractivity contribution in [1.82, 2.24) is 4.90 Å². The minimum absolute atomic E-state index is 0.137. The van der Waals surface area contributed by atoms with Crippen molar-refractivity contribution in [3.63, 3.8) is 0 Å². The van der Waals surface area contributed by atoms with Gasteiger partial charge >= 0.3 is 0 Å². The molecule has 1 N–H and O–H groups in total. The van der Waals surface area contributed by atoms with Crippen LogP contribution in [-0.2, 0) is 0 Å². The van der Waals surface area contributed by atoms with E-state index < -0.39 is 0 Å². The second-order valence-corrected chi connectivity index (χ2v) is 7.01. The van der Waals surface area contributed by atoms with Crippen LogP contribution in [0.3, 0.4) is 0 Å². The van der Waals surface area contributed by atoms with Gasteiger partial charge < -0.3 is 19.7 Å². The molecule has 2 aromatic carbocycles. The average molecular weight is 403 g/mol. The number of carbonyl (C=O) groups excluding carboxylic acids is 2. The number of likely N-dealkylation sites (tertiary alicyclic amines) is 1. The molecule has 1 saturated heterocycles. The van der Waals surface area contributed by atoms with Gasteiger partial charge in [0.15, 0.2) is 11.5 Å². The summed E-state index contributed by atoms with van der Waals surface area (Å²) in [4.78, 5) is 27.6. The molecule has 0 saturated carbocycles. The van der Waals surface area contributed by atoms with Crippen molar-refractivity contribution < 1.29 is 19.1 Å². The van der Waals surface area contributed by atoms with Crippen molar-refractivity contribution in [2.45, 2.75) is 19.3 Å². The van der Waals surface area contributed by atoms with E-state index in [0.29, 0.717) is 46.4 Å². The van der Waals surface area contributed by atoms with Crippen molar-refractivity contribution in [1.29, 1.82) is 0 Å². The largest absolute Gasteiger partial charge is 0.493 e. The molecule has 1 aliphatic rings. The van der Waals surface area contributed by atoms with Gasteiger partial charge in [-0.3, -0.25) is 9.59 Å². The molecule has 1 fully saturated rings. The summed E-state index contributed by atoms with van der Waals surface area (Å²) in [5.74, 6) is 0.368. The van der Waals surface area contributed by atoms with Gasteiger partial charge in [0.25, 0.3) is 11.8 Å². The van der Waals surface area contributed by atoms with Crippen LogP contribution in [0.4, 0.5) is 5.69 Å². The topological polar surface area (TPSA) is 67.9 Å². The summed E-state index contributed by atoms with van der Waals surface area (Å²) in [5.41, 5.74) is 1.15. The molecule has 3 rings (SSSR count). The number of hydrogen-bond acceptors (Lipinski definition) is 4. The van der Waals surface area contributed by atoms with Gasteiger partial charge in [0.05, 0.1) is 25.5 Å². The van der Waals surface area contributed by atoms with Crippen molar-refractivity contribution in [2.75, 3.05) is 32.6 Å². The number of piperidine rings is 1. The molecule has 28 heavy (non-hydrogen) atoms. The third kappa shape index (κ3) is 4.39. The summed E-state index contributed by atoms with van der Waals surface area (Å²) in [5, 5.41) is 3.28. The molecular formula is C21H23ClN2O4. The van der Waals surface area contributed by atoms with Gasteiger partial charge in [-0.2, -0.15) is 0 Å². The van der Waals surface area contributed by atoms with Gasteiger partial charge in [0.1, 0.15) is 0 Å². The number of methoxy groups -OCH3 is 2. The lowest BCUT2D eigenvalue weighted by atomic mass is 10.1. The normalized spacial score (nSPS) is 13.8. The summed E-state index contributed by atoms with van der Waals surface area (Å²) in [6.45, 7) is 1.41. The highest BCUT2D eigenvalue weighted by Gasteiger charge is 2.24. The van der Waals surface area contributed by atoms with Crippen molar-refractivity contribution in [3.8, 4) is 11.5 Å². The van der Waals surface area contributed by atoms with E-state index in [4.69, 9.17) is 21.1 Å². The Morgan fingerprint density at radius 1 is 1.00 bits per heavy atom. The molecule has 0 bridgehead atoms. The Bertz CT molecular complexity index is 879. The summed E-state index contributed by atoms with van der Waals surface area (Å²) in [6, 6.07) is 9.85. The highest BCUT2D eigenvalue weighted by Crippen LogP contribution is 2.34. The maximum Gasteiger partial charge on any atom is 0.256 e. The summed E-state index contributed by atoms with van der Waals surface area (Å²) < 4.78 is 10.7. The third-order valence-corrected chi connectivity index (χ3v) is 4.97. The number of hydrogen-bond donors (Lipinski definition) is 1. The molecule has 0 atom stereocenters. The average Bonchev–Trinajstić information content (AvgIpc) is 2.73. The molecule has 0 radical (unpaired) electrons. The predicted molar refractivity (Wildman–Crippen MR) is 109 cm³/mol. The highest BCUT2D eigenvalue weighted by molar-refractivity contribution is 6.31. The van der Waals surface area contributed by atoms with Crippen LogP contribution < -0.4 is 14.8 Å². The summed E-state index contributed by atoms with van der Waals surface area (Å²) in [7, 11) is 3.02. The fourth-order valence-corrected chi connectivity index (χ4v) is 3.44. The quantitative estimate of drug-likeness (QED) is 0.812. The van der Waals surface area contributed by atoms with Crippen LogP contribution >= 0.6 is 11.6 Å². The Kier molecular flexibility index (Phi) is 6.41. The predicted octanol–water partition coefficient (Wildman–Crippen LogP) is 4.24. The van der Waals surface area contributed by atoms with Gasteiger partial charge in [-0.15, -0.1) is 0 Å². The molecule has 6 nitrogen and oxygen atoms in total. The molecule has 2 aromatic rings. The molecule has 2 amide bonds. The Morgan fingerprint density at radius 3 is 2.32 bits per heavy atom. The van der Waals surface area contributed by atoms with E-state index in [1.807, 2.05) is 0 Å². The van der Waals surface area contributed by atoms with Crippen LogP contribution in [0.25, 0.3) is 0 Å². The molecule has 0 spiro atoms. The Balaban J connectivity index is 1.97. The number of amides is 2.